The molecule has 48 valence electrons. The molecule has 0 saturated heterocycles. The van der Waals surface area contributed by atoms with E-state index < -0.39 is 0 Å². The lowest BCUT2D eigenvalue weighted by Crippen LogP contribution is -2.25. The minimum Gasteiger partial charge on any atom is -0.298 e. The fourth-order valence-corrected chi connectivity index (χ4v) is 0.661. The molecule has 3 nitrogen and oxygen atoms in total. The van der Waals surface area contributed by atoms with Crippen LogP contribution in [0.1, 0.15) is 0 Å². The minimum atomic E-state index is 0.0508. The Bertz CT molecular complexity index is 162. The van der Waals surface area contributed by atoms with Gasteiger partial charge in [0.25, 0.3) is 0 Å². The van der Waals surface area contributed by atoms with E-state index in [2.05, 4.69) is 11.6 Å². The van der Waals surface area contributed by atoms with Crippen molar-refractivity contribution in [3.05, 3.63) is 12.7 Å². The van der Waals surface area contributed by atoms with Gasteiger partial charge >= 0.3 is 0 Å². The van der Waals surface area contributed by atoms with Crippen molar-refractivity contribution in [3.8, 4) is 0 Å². The SMILES string of the molecule is C=CCN1C=NCC1=O. The molecule has 9 heavy (non-hydrogen) atoms. The second-order valence-electron chi connectivity index (χ2n) is 1.79. The maximum Gasteiger partial charge on any atom is 0.249 e. The van der Waals surface area contributed by atoms with Gasteiger partial charge in [0.15, 0.2) is 0 Å². The molecule has 0 N–H and O–H groups in total. The van der Waals surface area contributed by atoms with E-state index in [0.29, 0.717) is 13.1 Å². The summed E-state index contributed by atoms with van der Waals surface area (Å²) in [4.78, 5) is 16.0. The Morgan fingerprint density at radius 1 is 2.00 bits per heavy atom. The van der Waals surface area contributed by atoms with Crippen LogP contribution in [0.2, 0.25) is 0 Å². The maximum absolute atomic E-state index is 10.7. The zero-order valence-corrected chi connectivity index (χ0v) is 5.08. The standard InChI is InChI=1S/C6H8N2O/c1-2-3-8-5-7-4-6(8)9/h2,5H,1,3-4H2. The lowest BCUT2D eigenvalue weighted by Gasteiger charge is -2.06. The Balaban J connectivity index is 2.48. The highest BCUT2D eigenvalue weighted by atomic mass is 16.2. The zero-order chi connectivity index (χ0) is 6.69. The number of amides is 1. The highest BCUT2D eigenvalue weighted by Gasteiger charge is 2.12. The van der Waals surface area contributed by atoms with Gasteiger partial charge in [-0.05, 0) is 0 Å². The van der Waals surface area contributed by atoms with Crippen LogP contribution in [0.4, 0.5) is 0 Å². The summed E-state index contributed by atoms with van der Waals surface area (Å²) in [7, 11) is 0. The van der Waals surface area contributed by atoms with Crippen LogP contribution in [-0.4, -0.2) is 30.2 Å². The molecule has 1 rings (SSSR count). The monoisotopic (exact) mass is 124 g/mol. The Morgan fingerprint density at radius 3 is 3.22 bits per heavy atom. The molecule has 1 aliphatic heterocycles. The first-order valence-corrected chi connectivity index (χ1v) is 2.75. The number of carbonyl (C=O) groups excluding carboxylic acids is 1. The summed E-state index contributed by atoms with van der Waals surface area (Å²) in [5.74, 6) is 0.0508. The van der Waals surface area contributed by atoms with Gasteiger partial charge in [0.1, 0.15) is 6.54 Å². The molecule has 3 heteroatoms. The van der Waals surface area contributed by atoms with Gasteiger partial charge in [0, 0.05) is 6.54 Å². The van der Waals surface area contributed by atoms with E-state index in [-0.39, 0.29) is 5.91 Å². The summed E-state index contributed by atoms with van der Waals surface area (Å²) in [6.45, 7) is 4.37. The Labute approximate surface area is 53.7 Å². The van der Waals surface area contributed by atoms with Gasteiger partial charge in [0.05, 0.1) is 6.34 Å². The van der Waals surface area contributed by atoms with Crippen LogP contribution in [0.25, 0.3) is 0 Å². The number of aliphatic imine (C=N–C) groups is 1. The van der Waals surface area contributed by atoms with Crippen LogP contribution in [0.3, 0.4) is 0 Å². The van der Waals surface area contributed by atoms with E-state index in [1.54, 1.807) is 12.4 Å². The summed E-state index contributed by atoms with van der Waals surface area (Å²) in [5, 5.41) is 0. The number of rotatable bonds is 2. The summed E-state index contributed by atoms with van der Waals surface area (Å²) in [6.07, 6.45) is 3.22. The zero-order valence-electron chi connectivity index (χ0n) is 5.08. The number of carbonyl (C=O) groups is 1. The van der Waals surface area contributed by atoms with Crippen molar-refractivity contribution in [1.82, 2.24) is 4.90 Å². The van der Waals surface area contributed by atoms with E-state index in [1.165, 1.54) is 4.90 Å². The van der Waals surface area contributed by atoms with Gasteiger partial charge in [0.2, 0.25) is 5.91 Å². The van der Waals surface area contributed by atoms with Gasteiger partial charge in [-0.1, -0.05) is 6.08 Å². The largest absolute Gasteiger partial charge is 0.298 e. The lowest BCUT2D eigenvalue weighted by molar-refractivity contribution is -0.124. The average Bonchev–Trinajstić information content (AvgIpc) is 2.18. The fourth-order valence-electron chi connectivity index (χ4n) is 0.661. The molecule has 0 atom stereocenters. The molecule has 0 unspecified atom stereocenters. The number of nitrogens with zero attached hydrogens (tertiary/aromatic N) is 2. The molecular formula is C6H8N2O. The first-order valence-electron chi connectivity index (χ1n) is 2.75. The number of hydrogen-bond acceptors (Lipinski definition) is 2. The highest BCUT2D eigenvalue weighted by Crippen LogP contribution is 1.93. The first kappa shape index (κ1) is 6.01. The molecule has 0 radical (unpaired) electrons. The van der Waals surface area contributed by atoms with Crippen LogP contribution in [0.5, 0.6) is 0 Å². The predicted octanol–water partition coefficient (Wildman–Crippen LogP) is 0.0429. The van der Waals surface area contributed by atoms with Crippen molar-refractivity contribution in [2.24, 2.45) is 4.99 Å². The van der Waals surface area contributed by atoms with Crippen LogP contribution in [0, 0.1) is 0 Å². The fraction of sp³-hybridized carbons (Fsp3) is 0.333. The first-order chi connectivity index (χ1) is 4.34. The van der Waals surface area contributed by atoms with E-state index in [4.69, 9.17) is 0 Å². The van der Waals surface area contributed by atoms with Gasteiger partial charge in [-0.25, -0.2) is 0 Å². The quantitative estimate of drug-likeness (QED) is 0.478. The van der Waals surface area contributed by atoms with Gasteiger partial charge < -0.3 is 0 Å². The summed E-state index contributed by atoms with van der Waals surface area (Å²) in [5.41, 5.74) is 0. The predicted molar refractivity (Wildman–Crippen MR) is 35.3 cm³/mol. The van der Waals surface area contributed by atoms with Crippen molar-refractivity contribution in [2.75, 3.05) is 13.1 Å². The second kappa shape index (κ2) is 2.44. The average molecular weight is 124 g/mol. The van der Waals surface area contributed by atoms with Crippen LogP contribution < -0.4 is 0 Å². The highest BCUT2D eigenvalue weighted by molar-refractivity contribution is 5.94. The molecule has 0 saturated carbocycles. The van der Waals surface area contributed by atoms with E-state index >= 15 is 0 Å². The molecule has 1 amide bonds. The Kier molecular flexibility index (Phi) is 1.63. The van der Waals surface area contributed by atoms with Gasteiger partial charge in [-0.15, -0.1) is 6.58 Å². The van der Waals surface area contributed by atoms with E-state index in [1.807, 2.05) is 0 Å². The lowest BCUT2D eigenvalue weighted by atomic mass is 10.5. The van der Waals surface area contributed by atoms with Crippen molar-refractivity contribution >= 4 is 12.2 Å². The third kappa shape index (κ3) is 1.16. The van der Waals surface area contributed by atoms with Gasteiger partial charge in [-0.3, -0.25) is 14.7 Å². The maximum atomic E-state index is 10.7. The van der Waals surface area contributed by atoms with E-state index in [9.17, 15) is 4.79 Å². The normalized spacial score (nSPS) is 16.9. The molecule has 0 aliphatic carbocycles. The number of hydrogen-bond donors (Lipinski definition) is 0. The molecule has 0 spiro atoms. The van der Waals surface area contributed by atoms with Crippen LogP contribution in [-0.2, 0) is 4.79 Å². The topological polar surface area (TPSA) is 32.7 Å². The Hall–Kier alpha value is -1.12. The molecule has 1 aliphatic rings. The molecule has 0 aromatic rings. The molecule has 0 aromatic carbocycles. The molecule has 0 aromatic heterocycles. The summed E-state index contributed by atoms with van der Waals surface area (Å²) < 4.78 is 0. The third-order valence-electron chi connectivity index (χ3n) is 1.09. The van der Waals surface area contributed by atoms with Crippen molar-refractivity contribution in [3.63, 3.8) is 0 Å². The summed E-state index contributed by atoms with van der Waals surface area (Å²) in [6, 6.07) is 0. The molecular weight excluding hydrogens is 116 g/mol. The third-order valence-corrected chi connectivity index (χ3v) is 1.09. The van der Waals surface area contributed by atoms with Crippen LogP contribution >= 0.6 is 0 Å². The molecule has 0 fully saturated rings. The van der Waals surface area contributed by atoms with E-state index in [0.717, 1.165) is 0 Å². The molecule has 1 heterocycles. The van der Waals surface area contributed by atoms with Crippen molar-refractivity contribution in [2.45, 2.75) is 0 Å². The Morgan fingerprint density at radius 2 is 2.78 bits per heavy atom. The second-order valence-corrected chi connectivity index (χ2v) is 1.79. The van der Waals surface area contributed by atoms with Crippen LogP contribution in [0.15, 0.2) is 17.6 Å². The van der Waals surface area contributed by atoms with Crippen molar-refractivity contribution < 1.29 is 4.79 Å². The molecule has 0 bridgehead atoms. The smallest absolute Gasteiger partial charge is 0.249 e. The van der Waals surface area contributed by atoms with Gasteiger partial charge in [-0.2, -0.15) is 0 Å². The summed E-state index contributed by atoms with van der Waals surface area (Å²) >= 11 is 0. The minimum absolute atomic E-state index is 0.0508. The van der Waals surface area contributed by atoms with Crippen molar-refractivity contribution in [1.29, 1.82) is 0 Å².